The number of ketones is 1. The van der Waals surface area contributed by atoms with Gasteiger partial charge in [-0.3, -0.25) is 19.3 Å². The number of anilines is 2. The second-order valence-electron chi connectivity index (χ2n) is 6.52. The number of aryl methyl sites for hydroxylation is 1. The van der Waals surface area contributed by atoms with E-state index in [9.17, 15) is 14.4 Å². The molecule has 2 aromatic carbocycles. The fraction of sp³-hybridized carbons (Fsp3) is 0.286. The molecule has 2 aromatic rings. The van der Waals surface area contributed by atoms with E-state index in [1.165, 1.54) is 4.90 Å². The Morgan fingerprint density at radius 1 is 1.19 bits per heavy atom. The third kappa shape index (κ3) is 3.84. The Hall–Kier alpha value is -3.15. The summed E-state index contributed by atoms with van der Waals surface area (Å²) >= 11 is 0. The average molecular weight is 366 g/mol. The molecule has 140 valence electrons. The highest BCUT2D eigenvalue weighted by Crippen LogP contribution is 2.33. The maximum atomic E-state index is 12.6. The molecular weight excluding hydrogens is 344 g/mol. The van der Waals surface area contributed by atoms with E-state index < -0.39 is 0 Å². The number of carbonyl (C=O) groups excluding carboxylic acids is 3. The largest absolute Gasteiger partial charge is 0.482 e. The number of amides is 2. The van der Waals surface area contributed by atoms with Gasteiger partial charge in [0.05, 0.1) is 5.69 Å². The monoisotopic (exact) mass is 366 g/mol. The minimum absolute atomic E-state index is 0.0318. The summed E-state index contributed by atoms with van der Waals surface area (Å²) in [4.78, 5) is 38.3. The summed E-state index contributed by atoms with van der Waals surface area (Å²) in [6.45, 7) is 5.40. The zero-order valence-corrected chi connectivity index (χ0v) is 15.7. The summed E-state index contributed by atoms with van der Waals surface area (Å²) in [7, 11) is 0. The summed E-state index contributed by atoms with van der Waals surface area (Å²) in [5, 5.41) is 2.86. The molecule has 0 bridgehead atoms. The summed E-state index contributed by atoms with van der Waals surface area (Å²) in [5.41, 5.74) is 3.71. The van der Waals surface area contributed by atoms with Crippen LogP contribution in [0.3, 0.4) is 0 Å². The lowest BCUT2D eigenvalue weighted by Crippen LogP contribution is -2.43. The molecule has 27 heavy (non-hydrogen) atoms. The number of hydrogen-bond acceptors (Lipinski definition) is 4. The molecule has 0 atom stereocenters. The van der Waals surface area contributed by atoms with Crippen molar-refractivity contribution in [2.45, 2.75) is 27.2 Å². The van der Waals surface area contributed by atoms with E-state index in [2.05, 4.69) is 5.32 Å². The number of benzene rings is 2. The van der Waals surface area contributed by atoms with Gasteiger partial charge in [-0.15, -0.1) is 0 Å². The molecule has 2 amide bonds. The minimum Gasteiger partial charge on any atom is -0.482 e. The molecule has 6 heteroatoms. The van der Waals surface area contributed by atoms with Crippen LogP contribution in [0.15, 0.2) is 36.4 Å². The van der Waals surface area contributed by atoms with Gasteiger partial charge in [0.1, 0.15) is 12.3 Å². The van der Waals surface area contributed by atoms with Crippen molar-refractivity contribution < 1.29 is 19.1 Å². The number of rotatable bonds is 5. The predicted octanol–water partition coefficient (Wildman–Crippen LogP) is 3.26. The van der Waals surface area contributed by atoms with E-state index in [-0.39, 0.29) is 30.7 Å². The Bertz CT molecular complexity index is 920. The quantitative estimate of drug-likeness (QED) is 0.824. The first-order chi connectivity index (χ1) is 12.9. The van der Waals surface area contributed by atoms with Crippen molar-refractivity contribution in [3.05, 3.63) is 53.1 Å². The first-order valence-corrected chi connectivity index (χ1v) is 8.87. The van der Waals surface area contributed by atoms with Crippen molar-refractivity contribution in [3.63, 3.8) is 0 Å². The van der Waals surface area contributed by atoms with E-state index in [0.717, 1.165) is 16.8 Å². The van der Waals surface area contributed by atoms with E-state index >= 15 is 0 Å². The molecule has 0 aliphatic carbocycles. The third-order valence-corrected chi connectivity index (χ3v) is 4.73. The van der Waals surface area contributed by atoms with Gasteiger partial charge in [0.2, 0.25) is 5.91 Å². The van der Waals surface area contributed by atoms with Crippen LogP contribution in [-0.4, -0.2) is 30.7 Å². The Kier molecular flexibility index (Phi) is 5.26. The van der Waals surface area contributed by atoms with Gasteiger partial charge in [-0.05, 0) is 49.2 Å². The van der Waals surface area contributed by atoms with Crippen LogP contribution in [0.2, 0.25) is 0 Å². The second-order valence-corrected chi connectivity index (χ2v) is 6.52. The molecular formula is C21H22N2O4. The lowest BCUT2D eigenvalue weighted by molar-refractivity contribution is -0.123. The van der Waals surface area contributed by atoms with Crippen LogP contribution in [0.25, 0.3) is 0 Å². The Balaban J connectivity index is 1.84. The fourth-order valence-corrected chi connectivity index (χ4v) is 2.97. The maximum Gasteiger partial charge on any atom is 0.265 e. The van der Waals surface area contributed by atoms with Gasteiger partial charge in [0, 0.05) is 17.7 Å². The van der Waals surface area contributed by atoms with Crippen molar-refractivity contribution in [3.8, 4) is 5.75 Å². The van der Waals surface area contributed by atoms with Crippen molar-refractivity contribution in [2.24, 2.45) is 0 Å². The van der Waals surface area contributed by atoms with Crippen molar-refractivity contribution in [1.29, 1.82) is 0 Å². The number of ether oxygens (including phenoxy) is 1. The van der Waals surface area contributed by atoms with Gasteiger partial charge in [-0.2, -0.15) is 0 Å². The first kappa shape index (κ1) is 18.6. The Morgan fingerprint density at radius 3 is 2.70 bits per heavy atom. The van der Waals surface area contributed by atoms with Gasteiger partial charge in [-0.25, -0.2) is 0 Å². The number of nitrogens with zero attached hydrogens (tertiary/aromatic N) is 1. The van der Waals surface area contributed by atoms with Crippen LogP contribution in [0.5, 0.6) is 5.75 Å². The van der Waals surface area contributed by atoms with E-state index in [1.807, 2.05) is 32.0 Å². The zero-order valence-electron chi connectivity index (χ0n) is 15.7. The zero-order chi connectivity index (χ0) is 19.6. The van der Waals surface area contributed by atoms with Crippen molar-refractivity contribution in [1.82, 2.24) is 0 Å². The van der Waals surface area contributed by atoms with Gasteiger partial charge in [-0.1, -0.05) is 19.1 Å². The minimum atomic E-state index is -0.320. The Labute approximate surface area is 158 Å². The van der Waals surface area contributed by atoms with E-state index in [4.69, 9.17) is 4.74 Å². The number of carbonyl (C=O) groups is 3. The molecule has 0 spiro atoms. The van der Waals surface area contributed by atoms with Gasteiger partial charge >= 0.3 is 0 Å². The van der Waals surface area contributed by atoms with E-state index in [1.54, 1.807) is 25.1 Å². The molecule has 0 fully saturated rings. The number of fused-ring (bicyclic) bond motifs is 1. The summed E-state index contributed by atoms with van der Waals surface area (Å²) in [6, 6.07) is 10.6. The molecule has 6 nitrogen and oxygen atoms in total. The predicted molar refractivity (Wildman–Crippen MR) is 103 cm³/mol. The van der Waals surface area contributed by atoms with Gasteiger partial charge in [0.15, 0.2) is 12.4 Å². The molecule has 3 rings (SSSR count). The molecule has 1 N–H and O–H groups in total. The van der Waals surface area contributed by atoms with Crippen molar-refractivity contribution in [2.75, 3.05) is 23.4 Å². The second kappa shape index (κ2) is 7.61. The topological polar surface area (TPSA) is 75.7 Å². The first-order valence-electron chi connectivity index (χ1n) is 8.87. The third-order valence-electron chi connectivity index (χ3n) is 4.73. The van der Waals surface area contributed by atoms with E-state index in [0.29, 0.717) is 23.4 Å². The van der Waals surface area contributed by atoms with Crippen LogP contribution in [0.4, 0.5) is 11.4 Å². The van der Waals surface area contributed by atoms with Crippen molar-refractivity contribution >= 4 is 29.0 Å². The molecule has 0 radical (unpaired) electrons. The summed E-state index contributed by atoms with van der Waals surface area (Å²) in [6.07, 6.45) is 0.362. The summed E-state index contributed by atoms with van der Waals surface area (Å²) < 4.78 is 5.43. The molecule has 1 aliphatic rings. The van der Waals surface area contributed by atoms with Crippen LogP contribution in [0, 0.1) is 13.8 Å². The molecule has 0 unspecified atom stereocenters. The van der Waals surface area contributed by atoms with Crippen LogP contribution in [0.1, 0.15) is 34.8 Å². The maximum absolute atomic E-state index is 12.6. The highest BCUT2D eigenvalue weighted by Gasteiger charge is 2.28. The summed E-state index contributed by atoms with van der Waals surface area (Å²) in [5.74, 6) is -0.172. The SMILES string of the molecule is CCC(=O)c1ccc2c(c1)N(CC(=O)Nc1cccc(C)c1C)C(=O)CO2. The van der Waals surface area contributed by atoms with Gasteiger partial charge in [0.25, 0.3) is 5.91 Å². The molecule has 0 saturated carbocycles. The fourth-order valence-electron chi connectivity index (χ4n) is 2.97. The van der Waals surface area contributed by atoms with Crippen LogP contribution < -0.4 is 15.0 Å². The highest BCUT2D eigenvalue weighted by atomic mass is 16.5. The molecule has 1 aliphatic heterocycles. The standard InChI is InChI=1S/C21H22N2O4/c1-4-18(24)15-8-9-19-17(10-15)23(21(26)12-27-19)11-20(25)22-16-7-5-6-13(2)14(16)3/h5-10H,4,11-12H2,1-3H3,(H,22,25). The number of Topliss-reactive ketones (excluding diaryl/α,β-unsaturated/α-hetero) is 1. The lowest BCUT2D eigenvalue weighted by atomic mass is 10.1. The smallest absolute Gasteiger partial charge is 0.265 e. The van der Waals surface area contributed by atoms with Gasteiger partial charge < -0.3 is 10.1 Å². The molecule has 1 heterocycles. The normalized spacial score (nSPS) is 13.0. The molecule has 0 saturated heterocycles. The lowest BCUT2D eigenvalue weighted by Gasteiger charge is -2.29. The highest BCUT2D eigenvalue weighted by molar-refractivity contribution is 6.06. The number of hydrogen-bond donors (Lipinski definition) is 1. The van der Waals surface area contributed by atoms with Crippen LogP contribution in [-0.2, 0) is 9.59 Å². The molecule has 0 aromatic heterocycles. The Morgan fingerprint density at radius 2 is 1.96 bits per heavy atom. The average Bonchev–Trinajstić information content (AvgIpc) is 2.66. The number of nitrogens with one attached hydrogen (secondary N) is 1. The van der Waals surface area contributed by atoms with Crippen LogP contribution >= 0.6 is 0 Å².